The lowest BCUT2D eigenvalue weighted by Gasteiger charge is -2.20. The molecule has 1 aliphatic carbocycles. The van der Waals surface area contributed by atoms with E-state index in [0.29, 0.717) is 33.4 Å². The van der Waals surface area contributed by atoms with Gasteiger partial charge in [-0.3, -0.25) is 0 Å². The first-order valence-corrected chi connectivity index (χ1v) is 9.20. The fourth-order valence-electron chi connectivity index (χ4n) is 2.50. The van der Waals surface area contributed by atoms with Gasteiger partial charge in [-0.2, -0.15) is 4.98 Å². The molecule has 3 N–H and O–H groups in total. The van der Waals surface area contributed by atoms with Gasteiger partial charge in [-0.05, 0) is 37.0 Å². The minimum Gasteiger partial charge on any atom is -0.394 e. The Bertz CT molecular complexity index is 750. The number of hydrogen-bond donors (Lipinski definition) is 3. The summed E-state index contributed by atoms with van der Waals surface area (Å²) in [5, 5.41) is 17.2. The maximum absolute atomic E-state index is 9.55. The summed E-state index contributed by atoms with van der Waals surface area (Å²) in [5.41, 5.74) is 1.70. The Morgan fingerprint density at radius 1 is 1.20 bits per heavy atom. The molecule has 3 rings (SSSR count). The van der Waals surface area contributed by atoms with E-state index in [2.05, 4.69) is 20.6 Å². The molecule has 0 aliphatic heterocycles. The van der Waals surface area contributed by atoms with Crippen molar-refractivity contribution in [2.45, 2.75) is 38.6 Å². The van der Waals surface area contributed by atoms with E-state index in [1.807, 2.05) is 19.9 Å². The standard InChI is InChI=1S/C18H22Cl2N4O/c1-10(2)16(9-25)23-18-22-14(11-3-4-11)8-17(24-18)21-15-7-12(19)5-6-13(15)20/h5-8,10-11,16,25H,3-4,9H2,1-2H3,(H2,21,22,23,24)/t16-/m0/s1. The van der Waals surface area contributed by atoms with Gasteiger partial charge in [0.25, 0.3) is 0 Å². The van der Waals surface area contributed by atoms with Crippen molar-refractivity contribution in [2.75, 3.05) is 17.2 Å². The predicted octanol–water partition coefficient (Wildman–Crippen LogP) is 4.83. The average Bonchev–Trinajstić information content (AvgIpc) is 3.40. The van der Waals surface area contributed by atoms with Crippen molar-refractivity contribution in [3.05, 3.63) is 40.0 Å². The SMILES string of the molecule is CC(C)[C@H](CO)Nc1nc(Nc2cc(Cl)ccc2Cl)cc(C2CC2)n1. The van der Waals surface area contributed by atoms with Gasteiger partial charge >= 0.3 is 0 Å². The van der Waals surface area contributed by atoms with Crippen LogP contribution in [-0.2, 0) is 0 Å². The highest BCUT2D eigenvalue weighted by molar-refractivity contribution is 6.35. The molecule has 0 bridgehead atoms. The van der Waals surface area contributed by atoms with Crippen LogP contribution < -0.4 is 10.6 Å². The molecular formula is C18H22Cl2N4O. The number of anilines is 3. The van der Waals surface area contributed by atoms with E-state index in [9.17, 15) is 5.11 Å². The fourth-order valence-corrected chi connectivity index (χ4v) is 2.84. The van der Waals surface area contributed by atoms with E-state index in [4.69, 9.17) is 23.2 Å². The lowest BCUT2D eigenvalue weighted by Crippen LogP contribution is -2.30. The predicted molar refractivity (Wildman–Crippen MR) is 103 cm³/mol. The normalized spacial score (nSPS) is 15.3. The highest BCUT2D eigenvalue weighted by atomic mass is 35.5. The summed E-state index contributed by atoms with van der Waals surface area (Å²) in [5.74, 6) is 1.91. The van der Waals surface area contributed by atoms with Crippen LogP contribution in [0, 0.1) is 5.92 Å². The third-order valence-electron chi connectivity index (χ3n) is 4.25. The van der Waals surface area contributed by atoms with Crippen molar-refractivity contribution >= 4 is 40.7 Å². The van der Waals surface area contributed by atoms with Gasteiger partial charge in [0.2, 0.25) is 5.95 Å². The molecule has 1 fully saturated rings. The molecule has 0 unspecified atom stereocenters. The topological polar surface area (TPSA) is 70.1 Å². The van der Waals surface area contributed by atoms with Gasteiger partial charge in [-0.1, -0.05) is 37.0 Å². The maximum Gasteiger partial charge on any atom is 0.225 e. The van der Waals surface area contributed by atoms with Crippen LogP contribution in [0.2, 0.25) is 10.0 Å². The monoisotopic (exact) mass is 380 g/mol. The second-order valence-electron chi connectivity index (χ2n) is 6.70. The van der Waals surface area contributed by atoms with Crippen LogP contribution in [0.1, 0.15) is 38.3 Å². The van der Waals surface area contributed by atoms with Gasteiger partial charge in [-0.25, -0.2) is 4.98 Å². The van der Waals surface area contributed by atoms with Gasteiger partial charge in [0, 0.05) is 17.0 Å². The Balaban J connectivity index is 1.89. The van der Waals surface area contributed by atoms with Crippen LogP contribution in [-0.4, -0.2) is 27.7 Å². The van der Waals surface area contributed by atoms with E-state index in [1.54, 1.807) is 18.2 Å². The Hall–Kier alpha value is -1.56. The zero-order chi connectivity index (χ0) is 18.0. The Morgan fingerprint density at radius 2 is 1.96 bits per heavy atom. The number of aliphatic hydroxyl groups excluding tert-OH is 1. The zero-order valence-electron chi connectivity index (χ0n) is 14.3. The number of hydrogen-bond acceptors (Lipinski definition) is 5. The fraction of sp³-hybridized carbons (Fsp3) is 0.444. The van der Waals surface area contributed by atoms with Gasteiger partial charge in [0.05, 0.1) is 29.1 Å². The molecule has 1 aliphatic rings. The van der Waals surface area contributed by atoms with Crippen LogP contribution >= 0.6 is 23.2 Å². The van der Waals surface area contributed by atoms with Crippen LogP contribution in [0.4, 0.5) is 17.5 Å². The first kappa shape index (κ1) is 18.2. The van der Waals surface area contributed by atoms with Gasteiger partial charge in [0.15, 0.2) is 0 Å². The summed E-state index contributed by atoms with van der Waals surface area (Å²) in [6.07, 6.45) is 2.28. The van der Waals surface area contributed by atoms with Gasteiger partial charge in [-0.15, -0.1) is 0 Å². The molecule has 1 atom stereocenters. The Labute approximate surface area is 157 Å². The average molecular weight is 381 g/mol. The van der Waals surface area contributed by atoms with Gasteiger partial charge < -0.3 is 15.7 Å². The minimum absolute atomic E-state index is 0.0254. The maximum atomic E-state index is 9.55. The molecule has 0 amide bonds. The lowest BCUT2D eigenvalue weighted by molar-refractivity contribution is 0.248. The van der Waals surface area contributed by atoms with Crippen LogP contribution in [0.5, 0.6) is 0 Å². The number of benzene rings is 1. The van der Waals surface area contributed by atoms with Crippen molar-refractivity contribution in [3.63, 3.8) is 0 Å². The highest BCUT2D eigenvalue weighted by Crippen LogP contribution is 2.40. The molecule has 134 valence electrons. The Kier molecular flexibility index (Phi) is 5.67. The van der Waals surface area contributed by atoms with E-state index < -0.39 is 0 Å². The summed E-state index contributed by atoms with van der Waals surface area (Å²) in [6, 6.07) is 7.10. The molecule has 1 aromatic carbocycles. The molecule has 7 heteroatoms. The summed E-state index contributed by atoms with van der Waals surface area (Å²) in [7, 11) is 0. The molecule has 0 radical (unpaired) electrons. The molecular weight excluding hydrogens is 359 g/mol. The quantitative estimate of drug-likeness (QED) is 0.641. The van der Waals surface area contributed by atoms with Crippen molar-refractivity contribution in [1.82, 2.24) is 9.97 Å². The number of nitrogens with zero attached hydrogens (tertiary/aromatic N) is 2. The second kappa shape index (κ2) is 7.77. The third-order valence-corrected chi connectivity index (χ3v) is 4.81. The minimum atomic E-state index is -0.0999. The van der Waals surface area contributed by atoms with Crippen molar-refractivity contribution in [2.24, 2.45) is 5.92 Å². The van der Waals surface area contributed by atoms with Crippen LogP contribution in [0.15, 0.2) is 24.3 Å². The van der Waals surface area contributed by atoms with E-state index in [-0.39, 0.29) is 18.6 Å². The lowest BCUT2D eigenvalue weighted by atomic mass is 10.1. The first-order valence-electron chi connectivity index (χ1n) is 8.44. The number of aliphatic hydroxyl groups is 1. The summed E-state index contributed by atoms with van der Waals surface area (Å²) in [4.78, 5) is 9.15. The molecule has 0 saturated heterocycles. The van der Waals surface area contributed by atoms with Crippen molar-refractivity contribution < 1.29 is 5.11 Å². The number of nitrogens with one attached hydrogen (secondary N) is 2. The Morgan fingerprint density at radius 3 is 2.60 bits per heavy atom. The van der Waals surface area contributed by atoms with Crippen LogP contribution in [0.3, 0.4) is 0 Å². The second-order valence-corrected chi connectivity index (χ2v) is 7.55. The van der Waals surface area contributed by atoms with Gasteiger partial charge in [0.1, 0.15) is 5.82 Å². The number of aromatic nitrogens is 2. The van der Waals surface area contributed by atoms with Crippen molar-refractivity contribution in [1.29, 1.82) is 0 Å². The smallest absolute Gasteiger partial charge is 0.225 e. The highest BCUT2D eigenvalue weighted by Gasteiger charge is 2.27. The zero-order valence-corrected chi connectivity index (χ0v) is 15.8. The molecule has 1 aromatic heterocycles. The first-order chi connectivity index (χ1) is 12.0. The summed E-state index contributed by atoms with van der Waals surface area (Å²) in [6.45, 7) is 4.12. The molecule has 5 nitrogen and oxygen atoms in total. The molecule has 0 spiro atoms. The largest absolute Gasteiger partial charge is 0.394 e. The van der Waals surface area contributed by atoms with E-state index in [0.717, 1.165) is 18.5 Å². The number of halogens is 2. The molecule has 2 aromatic rings. The molecule has 1 heterocycles. The summed E-state index contributed by atoms with van der Waals surface area (Å²) < 4.78 is 0. The third kappa shape index (κ3) is 4.75. The van der Waals surface area contributed by atoms with E-state index in [1.165, 1.54) is 0 Å². The summed E-state index contributed by atoms with van der Waals surface area (Å²) >= 11 is 12.3. The van der Waals surface area contributed by atoms with Crippen LogP contribution in [0.25, 0.3) is 0 Å². The number of rotatable bonds is 7. The van der Waals surface area contributed by atoms with E-state index >= 15 is 0 Å². The molecule has 1 saturated carbocycles. The van der Waals surface area contributed by atoms with Crippen molar-refractivity contribution in [3.8, 4) is 0 Å². The molecule has 25 heavy (non-hydrogen) atoms.